The third-order valence-corrected chi connectivity index (χ3v) is 4.38. The molecule has 0 unspecified atom stereocenters. The van der Waals surface area contributed by atoms with Crippen LogP contribution in [-0.4, -0.2) is 35.3 Å². The highest BCUT2D eigenvalue weighted by Gasteiger charge is 2.14. The summed E-state index contributed by atoms with van der Waals surface area (Å²) in [7, 11) is -3.39. The number of nitrogens with one attached hydrogen (secondary N) is 2. The molecule has 0 aliphatic rings. The van der Waals surface area contributed by atoms with Crippen LogP contribution in [0.15, 0.2) is 36.5 Å². The molecule has 2 N–H and O–H groups in total. The second kappa shape index (κ2) is 6.75. The van der Waals surface area contributed by atoms with E-state index >= 15 is 0 Å². The maximum atomic E-state index is 12.6. The number of carbonyl (C=O) groups is 1. The van der Waals surface area contributed by atoms with Crippen molar-refractivity contribution in [3.8, 4) is 0 Å². The monoisotopic (exact) mass is 373 g/mol. The number of hydrogen-bond acceptors (Lipinski definition) is 5. The maximum Gasteiger partial charge on any atom is 0.257 e. The summed E-state index contributed by atoms with van der Waals surface area (Å²) in [5.74, 6) is -0.322. The second-order valence-electron chi connectivity index (χ2n) is 5.90. The molecular formula is C17H19N5O3S. The quantitative estimate of drug-likeness (QED) is 0.714. The molecule has 3 rings (SSSR count). The fourth-order valence-corrected chi connectivity index (χ4v) is 3.19. The Balaban J connectivity index is 1.87. The average molecular weight is 373 g/mol. The van der Waals surface area contributed by atoms with Crippen LogP contribution in [0.4, 0.5) is 11.4 Å². The summed E-state index contributed by atoms with van der Waals surface area (Å²) in [6, 6.07) is 8.25. The van der Waals surface area contributed by atoms with Gasteiger partial charge in [-0.15, -0.1) is 0 Å². The van der Waals surface area contributed by atoms with E-state index in [1.54, 1.807) is 48.1 Å². The van der Waals surface area contributed by atoms with E-state index < -0.39 is 10.0 Å². The van der Waals surface area contributed by atoms with Gasteiger partial charge in [-0.1, -0.05) is 6.07 Å². The summed E-state index contributed by atoms with van der Waals surface area (Å²) < 4.78 is 26.8. The minimum atomic E-state index is -3.39. The van der Waals surface area contributed by atoms with Crippen molar-refractivity contribution in [1.29, 1.82) is 0 Å². The molecular weight excluding hydrogens is 354 g/mol. The number of nitrogens with zero attached hydrogens (tertiary/aromatic N) is 3. The lowest BCUT2D eigenvalue weighted by molar-refractivity contribution is 0.102. The van der Waals surface area contributed by atoms with Crippen LogP contribution in [-0.2, 0) is 16.6 Å². The minimum Gasteiger partial charge on any atom is -0.322 e. The Bertz CT molecular complexity index is 1090. The Morgan fingerprint density at radius 2 is 1.96 bits per heavy atom. The number of carbonyl (C=O) groups excluding carboxylic acids is 1. The number of benzene rings is 1. The van der Waals surface area contributed by atoms with E-state index in [9.17, 15) is 13.2 Å². The molecule has 0 saturated carbocycles. The largest absolute Gasteiger partial charge is 0.322 e. The van der Waals surface area contributed by atoms with Gasteiger partial charge in [0.15, 0.2) is 5.65 Å². The molecule has 0 saturated heterocycles. The molecule has 1 amide bonds. The average Bonchev–Trinajstić information content (AvgIpc) is 2.94. The van der Waals surface area contributed by atoms with Gasteiger partial charge in [-0.25, -0.2) is 18.1 Å². The predicted octanol–water partition coefficient (Wildman–Crippen LogP) is 2.38. The molecule has 3 aromatic rings. The number of pyridine rings is 1. The standard InChI is InChI=1S/C17H19N5O3S/c1-4-22-16-12(10-18-22)8-15(11(2)19-16)17(23)20-13-6-5-7-14(9-13)21-26(3,24)25/h5-10,21H,4H2,1-3H3,(H,20,23). The molecule has 1 aromatic carbocycles. The highest BCUT2D eigenvalue weighted by molar-refractivity contribution is 7.92. The molecule has 0 bridgehead atoms. The van der Waals surface area contributed by atoms with Gasteiger partial charge < -0.3 is 5.32 Å². The van der Waals surface area contributed by atoms with Crippen LogP contribution < -0.4 is 10.0 Å². The first-order valence-electron chi connectivity index (χ1n) is 7.99. The normalized spacial score (nSPS) is 11.5. The van der Waals surface area contributed by atoms with Crippen molar-refractivity contribution < 1.29 is 13.2 Å². The molecule has 2 heterocycles. The predicted molar refractivity (Wildman–Crippen MR) is 101 cm³/mol. The topological polar surface area (TPSA) is 106 Å². The number of anilines is 2. The lowest BCUT2D eigenvalue weighted by Gasteiger charge is -2.10. The maximum absolute atomic E-state index is 12.6. The Morgan fingerprint density at radius 1 is 1.23 bits per heavy atom. The van der Waals surface area contributed by atoms with Gasteiger partial charge in [-0.2, -0.15) is 5.10 Å². The van der Waals surface area contributed by atoms with E-state index in [1.165, 1.54) is 0 Å². The molecule has 136 valence electrons. The molecule has 0 aliphatic carbocycles. The van der Waals surface area contributed by atoms with E-state index in [0.29, 0.717) is 29.2 Å². The van der Waals surface area contributed by atoms with Crippen molar-refractivity contribution in [2.75, 3.05) is 16.3 Å². The van der Waals surface area contributed by atoms with Gasteiger partial charge in [-0.3, -0.25) is 9.52 Å². The van der Waals surface area contributed by atoms with Crippen molar-refractivity contribution in [3.05, 3.63) is 47.8 Å². The number of amides is 1. The molecule has 2 aromatic heterocycles. The first kappa shape index (κ1) is 17.9. The Kier molecular flexibility index (Phi) is 4.64. The summed E-state index contributed by atoms with van der Waals surface area (Å²) in [6.07, 6.45) is 2.75. The summed E-state index contributed by atoms with van der Waals surface area (Å²) >= 11 is 0. The number of aryl methyl sites for hydroxylation is 2. The summed E-state index contributed by atoms with van der Waals surface area (Å²) in [4.78, 5) is 17.1. The zero-order chi connectivity index (χ0) is 18.9. The van der Waals surface area contributed by atoms with E-state index in [1.807, 2.05) is 6.92 Å². The number of aromatic nitrogens is 3. The fraction of sp³-hybridized carbons (Fsp3) is 0.235. The molecule has 0 aliphatic heterocycles. The van der Waals surface area contributed by atoms with Gasteiger partial charge >= 0.3 is 0 Å². The molecule has 9 heteroatoms. The van der Waals surface area contributed by atoms with Gasteiger partial charge in [0.05, 0.1) is 29.4 Å². The van der Waals surface area contributed by atoms with Gasteiger partial charge in [0, 0.05) is 17.6 Å². The summed E-state index contributed by atoms with van der Waals surface area (Å²) in [6.45, 7) is 4.44. The summed E-state index contributed by atoms with van der Waals surface area (Å²) in [5, 5.41) is 7.80. The SMILES string of the molecule is CCn1ncc2cc(C(=O)Nc3cccc(NS(C)(=O)=O)c3)c(C)nc21. The third kappa shape index (κ3) is 3.83. The smallest absolute Gasteiger partial charge is 0.257 e. The van der Waals surface area contributed by atoms with Crippen molar-refractivity contribution in [1.82, 2.24) is 14.8 Å². The van der Waals surface area contributed by atoms with Gasteiger partial charge in [-0.05, 0) is 38.1 Å². The van der Waals surface area contributed by atoms with Gasteiger partial charge in [0.2, 0.25) is 10.0 Å². The third-order valence-electron chi connectivity index (χ3n) is 3.77. The number of hydrogen-bond donors (Lipinski definition) is 2. The lowest BCUT2D eigenvalue weighted by atomic mass is 10.1. The number of sulfonamides is 1. The fourth-order valence-electron chi connectivity index (χ4n) is 2.63. The Hall–Kier alpha value is -2.94. The molecule has 0 atom stereocenters. The van der Waals surface area contributed by atoms with E-state index in [4.69, 9.17) is 0 Å². The second-order valence-corrected chi connectivity index (χ2v) is 7.65. The van der Waals surface area contributed by atoms with Crippen molar-refractivity contribution >= 4 is 38.3 Å². The summed E-state index contributed by atoms with van der Waals surface area (Å²) in [5.41, 5.74) is 2.62. The first-order chi connectivity index (χ1) is 12.3. The van der Waals surface area contributed by atoms with Crippen LogP contribution in [0.25, 0.3) is 11.0 Å². The van der Waals surface area contributed by atoms with Crippen molar-refractivity contribution in [3.63, 3.8) is 0 Å². The van der Waals surface area contributed by atoms with E-state index in [2.05, 4.69) is 20.1 Å². The molecule has 0 radical (unpaired) electrons. The number of fused-ring (bicyclic) bond motifs is 1. The first-order valence-corrected chi connectivity index (χ1v) is 9.88. The van der Waals surface area contributed by atoms with Crippen molar-refractivity contribution in [2.24, 2.45) is 0 Å². The van der Waals surface area contributed by atoms with Crippen LogP contribution in [0.1, 0.15) is 23.0 Å². The van der Waals surface area contributed by atoms with Crippen molar-refractivity contribution in [2.45, 2.75) is 20.4 Å². The Labute approximate surface area is 151 Å². The van der Waals surface area contributed by atoms with Crippen LogP contribution in [0.2, 0.25) is 0 Å². The lowest BCUT2D eigenvalue weighted by Crippen LogP contribution is -2.15. The van der Waals surface area contributed by atoms with Gasteiger partial charge in [0.25, 0.3) is 5.91 Å². The van der Waals surface area contributed by atoms with E-state index in [0.717, 1.165) is 17.3 Å². The zero-order valence-corrected chi connectivity index (χ0v) is 15.5. The van der Waals surface area contributed by atoms with Gasteiger partial charge in [0.1, 0.15) is 0 Å². The molecule has 26 heavy (non-hydrogen) atoms. The highest BCUT2D eigenvalue weighted by atomic mass is 32.2. The number of rotatable bonds is 5. The van der Waals surface area contributed by atoms with Crippen LogP contribution >= 0.6 is 0 Å². The van der Waals surface area contributed by atoms with Crippen LogP contribution in [0.5, 0.6) is 0 Å². The van der Waals surface area contributed by atoms with Crippen LogP contribution in [0.3, 0.4) is 0 Å². The molecule has 0 fully saturated rings. The highest BCUT2D eigenvalue weighted by Crippen LogP contribution is 2.20. The Morgan fingerprint density at radius 3 is 2.65 bits per heavy atom. The minimum absolute atomic E-state index is 0.322. The zero-order valence-electron chi connectivity index (χ0n) is 14.6. The molecule has 0 spiro atoms. The molecule has 8 nitrogen and oxygen atoms in total. The van der Waals surface area contributed by atoms with E-state index in [-0.39, 0.29) is 5.91 Å². The van der Waals surface area contributed by atoms with Crippen LogP contribution in [0, 0.1) is 6.92 Å².